The highest BCUT2D eigenvalue weighted by Gasteiger charge is 2.03. The van der Waals surface area contributed by atoms with Crippen molar-refractivity contribution in [1.29, 1.82) is 0 Å². The van der Waals surface area contributed by atoms with Crippen LogP contribution in [0, 0.1) is 0 Å². The molecule has 0 aliphatic rings. The van der Waals surface area contributed by atoms with Gasteiger partial charge in [0, 0.05) is 19.4 Å². The van der Waals surface area contributed by atoms with Gasteiger partial charge in [0.15, 0.2) is 10.9 Å². The van der Waals surface area contributed by atoms with Gasteiger partial charge in [-0.05, 0) is 0 Å². The van der Waals surface area contributed by atoms with Crippen molar-refractivity contribution in [2.24, 2.45) is 0 Å². The van der Waals surface area contributed by atoms with Crippen LogP contribution in [0.15, 0.2) is 22.2 Å². The van der Waals surface area contributed by atoms with Crippen LogP contribution >= 0.6 is 11.8 Å². The van der Waals surface area contributed by atoms with E-state index in [0.29, 0.717) is 5.16 Å². The van der Waals surface area contributed by atoms with Gasteiger partial charge in [0.05, 0.1) is 5.75 Å². The van der Waals surface area contributed by atoms with Crippen LogP contribution in [0.3, 0.4) is 0 Å². The zero-order valence-electron chi connectivity index (χ0n) is 7.65. The average molecular weight is 214 g/mol. The van der Waals surface area contributed by atoms with Crippen molar-refractivity contribution in [1.82, 2.24) is 9.97 Å². The molecule has 1 heterocycles. The van der Waals surface area contributed by atoms with Gasteiger partial charge in [-0.2, -0.15) is 0 Å². The number of thioether (sulfide) groups is 1. The summed E-state index contributed by atoms with van der Waals surface area (Å²) < 4.78 is 4.66. The zero-order valence-corrected chi connectivity index (χ0v) is 8.47. The Morgan fingerprint density at radius 2 is 2.50 bits per heavy atom. The molecule has 0 atom stereocenters. The lowest BCUT2D eigenvalue weighted by Crippen LogP contribution is -2.11. The lowest BCUT2D eigenvalue weighted by Gasteiger charge is -1.98. The number of carbonyl (C=O) groups is 1. The molecule has 0 spiro atoms. The van der Waals surface area contributed by atoms with Gasteiger partial charge in [-0.1, -0.05) is 11.8 Å². The van der Waals surface area contributed by atoms with Gasteiger partial charge in [-0.15, -0.1) is 0 Å². The van der Waals surface area contributed by atoms with Crippen molar-refractivity contribution in [2.45, 2.75) is 5.16 Å². The molecule has 0 aliphatic heterocycles. The number of rotatable bonds is 5. The molecule has 0 bridgehead atoms. The first kappa shape index (κ1) is 10.9. The molecule has 0 fully saturated rings. The molecule has 1 aromatic rings. The Morgan fingerprint density at radius 3 is 3.14 bits per heavy atom. The molecule has 1 aromatic heterocycles. The van der Waals surface area contributed by atoms with E-state index in [1.54, 1.807) is 0 Å². The number of hydrogen-bond donors (Lipinski definition) is 1. The summed E-state index contributed by atoms with van der Waals surface area (Å²) in [6.07, 6.45) is 1.40. The highest BCUT2D eigenvalue weighted by molar-refractivity contribution is 7.99. The molecule has 5 nitrogen and oxygen atoms in total. The molecule has 1 N–H and O–H groups in total. The van der Waals surface area contributed by atoms with E-state index < -0.39 is 0 Å². The Morgan fingerprint density at radius 1 is 1.71 bits per heavy atom. The number of aromatic amines is 1. The molecule has 76 valence electrons. The highest BCUT2D eigenvalue weighted by atomic mass is 32.2. The highest BCUT2D eigenvalue weighted by Crippen LogP contribution is 2.09. The van der Waals surface area contributed by atoms with Gasteiger partial charge in [-0.25, -0.2) is 4.98 Å². The fraction of sp³-hybridized carbons (Fsp3) is 0.375. The summed E-state index contributed by atoms with van der Waals surface area (Å²) in [7, 11) is 1.46. The minimum atomic E-state index is -0.221. The number of ether oxygens (including phenoxy) is 1. The van der Waals surface area contributed by atoms with Crippen LogP contribution in [-0.4, -0.2) is 35.2 Å². The third-order valence-electron chi connectivity index (χ3n) is 1.32. The number of aromatic nitrogens is 2. The predicted octanol–water partition coefficient (Wildman–Crippen LogP) is 0.0775. The Bertz CT molecular complexity index is 364. The van der Waals surface area contributed by atoms with Crippen LogP contribution in [0.2, 0.25) is 0 Å². The first-order chi connectivity index (χ1) is 6.72. The van der Waals surface area contributed by atoms with Gasteiger partial charge in [0.1, 0.15) is 6.61 Å². The number of H-pyrrole nitrogens is 1. The summed E-state index contributed by atoms with van der Waals surface area (Å²) in [5.41, 5.74) is -0.221. The topological polar surface area (TPSA) is 72.0 Å². The average Bonchev–Trinajstić information content (AvgIpc) is 2.15. The Labute approximate surface area is 84.9 Å². The van der Waals surface area contributed by atoms with Crippen LogP contribution in [0.5, 0.6) is 0 Å². The monoisotopic (exact) mass is 214 g/mol. The number of nitrogens with one attached hydrogen (secondary N) is 1. The van der Waals surface area contributed by atoms with Crippen molar-refractivity contribution >= 4 is 17.5 Å². The van der Waals surface area contributed by atoms with Crippen molar-refractivity contribution in [3.63, 3.8) is 0 Å². The molecule has 0 saturated heterocycles. The summed E-state index contributed by atoms with van der Waals surface area (Å²) in [6.45, 7) is 0.0874. The third kappa shape index (κ3) is 3.71. The van der Waals surface area contributed by atoms with E-state index >= 15 is 0 Å². The Hall–Kier alpha value is -1.14. The Balaban J connectivity index is 2.46. The van der Waals surface area contributed by atoms with E-state index in [2.05, 4.69) is 14.7 Å². The van der Waals surface area contributed by atoms with E-state index in [0.717, 1.165) is 0 Å². The van der Waals surface area contributed by atoms with E-state index in [4.69, 9.17) is 0 Å². The number of nitrogens with zero attached hydrogens (tertiary/aromatic N) is 1. The fourth-order valence-electron chi connectivity index (χ4n) is 0.777. The van der Waals surface area contributed by atoms with Crippen LogP contribution in [-0.2, 0) is 9.53 Å². The van der Waals surface area contributed by atoms with E-state index in [1.165, 1.54) is 31.1 Å². The van der Waals surface area contributed by atoms with E-state index in [1.807, 2.05) is 0 Å². The number of methoxy groups -OCH3 is 1. The first-order valence-corrected chi connectivity index (χ1v) is 4.89. The van der Waals surface area contributed by atoms with Gasteiger partial charge in [0.2, 0.25) is 0 Å². The molecular formula is C8H10N2O3S. The number of Topliss-reactive ketones (excluding diaryl/α,β-unsaturated/α-hetero) is 1. The predicted molar refractivity (Wildman–Crippen MR) is 52.5 cm³/mol. The standard InChI is InChI=1S/C8H10N2O3S/c1-13-4-6(11)5-14-8-9-3-2-7(12)10-8/h2-3H,4-5H2,1H3,(H,9,10,12). The molecule has 0 unspecified atom stereocenters. The molecule has 0 aromatic carbocycles. The SMILES string of the molecule is COCC(=O)CSc1nccc(=O)[nH]1. The lowest BCUT2D eigenvalue weighted by atomic mass is 10.5. The molecule has 0 saturated carbocycles. The van der Waals surface area contributed by atoms with Crippen LogP contribution in [0.1, 0.15) is 0 Å². The quantitative estimate of drug-likeness (QED) is 0.555. The van der Waals surface area contributed by atoms with Gasteiger partial charge in [0.25, 0.3) is 5.56 Å². The van der Waals surface area contributed by atoms with Crippen molar-refractivity contribution < 1.29 is 9.53 Å². The van der Waals surface area contributed by atoms with Crippen molar-refractivity contribution in [3.05, 3.63) is 22.6 Å². The van der Waals surface area contributed by atoms with Crippen LogP contribution < -0.4 is 5.56 Å². The molecule has 0 radical (unpaired) electrons. The summed E-state index contributed by atoms with van der Waals surface area (Å²) in [5, 5.41) is 0.446. The Kier molecular flexibility index (Phi) is 4.34. The molecule has 0 amide bonds. The minimum Gasteiger partial charge on any atom is -0.377 e. The second kappa shape index (κ2) is 5.56. The molecular weight excluding hydrogens is 204 g/mol. The second-order valence-electron chi connectivity index (χ2n) is 2.50. The summed E-state index contributed by atoms with van der Waals surface area (Å²) in [5.74, 6) is 0.213. The van der Waals surface area contributed by atoms with Gasteiger partial charge < -0.3 is 9.72 Å². The number of hydrogen-bond acceptors (Lipinski definition) is 5. The number of ketones is 1. The molecule has 0 aliphatic carbocycles. The minimum absolute atomic E-state index is 0.0380. The normalized spacial score (nSPS) is 10.1. The van der Waals surface area contributed by atoms with Gasteiger partial charge >= 0.3 is 0 Å². The van der Waals surface area contributed by atoms with Crippen molar-refractivity contribution in [3.8, 4) is 0 Å². The lowest BCUT2D eigenvalue weighted by molar-refractivity contribution is -0.120. The van der Waals surface area contributed by atoms with Crippen LogP contribution in [0.25, 0.3) is 0 Å². The molecule has 14 heavy (non-hydrogen) atoms. The molecule has 1 rings (SSSR count). The maximum atomic E-state index is 11.0. The summed E-state index contributed by atoms with van der Waals surface area (Å²) >= 11 is 1.19. The van der Waals surface area contributed by atoms with E-state index in [-0.39, 0.29) is 23.7 Å². The zero-order chi connectivity index (χ0) is 10.4. The first-order valence-electron chi connectivity index (χ1n) is 3.91. The second-order valence-corrected chi connectivity index (χ2v) is 3.46. The maximum Gasteiger partial charge on any atom is 0.251 e. The third-order valence-corrected chi connectivity index (χ3v) is 2.27. The largest absolute Gasteiger partial charge is 0.377 e. The maximum absolute atomic E-state index is 11.0. The summed E-state index contributed by atoms with van der Waals surface area (Å²) in [4.78, 5) is 28.3. The molecule has 6 heteroatoms. The van der Waals surface area contributed by atoms with E-state index in [9.17, 15) is 9.59 Å². The number of carbonyl (C=O) groups excluding carboxylic acids is 1. The van der Waals surface area contributed by atoms with Gasteiger partial charge in [-0.3, -0.25) is 9.59 Å². The summed E-state index contributed by atoms with van der Waals surface area (Å²) in [6, 6.07) is 1.32. The van der Waals surface area contributed by atoms with Crippen molar-refractivity contribution in [2.75, 3.05) is 19.5 Å². The fourth-order valence-corrected chi connectivity index (χ4v) is 1.47. The van der Waals surface area contributed by atoms with Crippen LogP contribution in [0.4, 0.5) is 0 Å². The smallest absolute Gasteiger partial charge is 0.251 e.